The normalized spacial score (nSPS) is 31.3. The van der Waals surface area contributed by atoms with Gasteiger partial charge in [-0.3, -0.25) is 9.78 Å². The first-order chi connectivity index (χ1) is 15.0. The van der Waals surface area contributed by atoms with Crippen LogP contribution in [0.4, 0.5) is 4.39 Å². The highest BCUT2D eigenvalue weighted by molar-refractivity contribution is 5.98. The minimum atomic E-state index is -0.669. The van der Waals surface area contributed by atoms with Crippen molar-refractivity contribution in [3.63, 3.8) is 0 Å². The number of nitrogens with one attached hydrogen (secondary N) is 1. The van der Waals surface area contributed by atoms with E-state index >= 15 is 0 Å². The summed E-state index contributed by atoms with van der Waals surface area (Å²) in [6.07, 6.45) is 11.4. The van der Waals surface area contributed by atoms with Gasteiger partial charge in [-0.15, -0.1) is 0 Å². The zero-order valence-corrected chi connectivity index (χ0v) is 17.2. The fourth-order valence-corrected chi connectivity index (χ4v) is 4.71. The van der Waals surface area contributed by atoms with Crippen LogP contribution in [-0.4, -0.2) is 62.8 Å². The van der Waals surface area contributed by atoms with E-state index in [-0.39, 0.29) is 23.8 Å². The SMILES string of the molecule is Cc1ncc(F)cc1C1CCCN1C1=NC2C(C(=O)NC3CC=C[C@H]3O)C=NN2C=C1. The molecule has 0 spiro atoms. The van der Waals surface area contributed by atoms with Gasteiger partial charge in [-0.05, 0) is 43.9 Å². The van der Waals surface area contributed by atoms with Crippen LogP contribution in [0.1, 0.15) is 36.6 Å². The molecule has 3 aliphatic heterocycles. The molecule has 1 saturated heterocycles. The molecule has 1 aromatic rings. The predicted molar refractivity (Wildman–Crippen MR) is 113 cm³/mol. The summed E-state index contributed by atoms with van der Waals surface area (Å²) in [6.45, 7) is 2.69. The van der Waals surface area contributed by atoms with Crippen LogP contribution in [0.25, 0.3) is 0 Å². The van der Waals surface area contributed by atoms with E-state index in [2.05, 4.69) is 20.3 Å². The molecule has 1 fully saturated rings. The molecule has 0 radical (unpaired) electrons. The summed E-state index contributed by atoms with van der Waals surface area (Å²) in [5.41, 5.74) is 1.68. The van der Waals surface area contributed by atoms with Gasteiger partial charge in [0.05, 0.1) is 24.4 Å². The molecule has 9 heteroatoms. The Labute approximate surface area is 179 Å². The molecule has 0 bridgehead atoms. The number of amides is 1. The van der Waals surface area contributed by atoms with Gasteiger partial charge in [0, 0.05) is 24.7 Å². The van der Waals surface area contributed by atoms with Crippen molar-refractivity contribution in [2.24, 2.45) is 16.0 Å². The fraction of sp³-hybridized carbons (Fsp3) is 0.455. The maximum atomic E-state index is 13.9. The molecule has 5 atom stereocenters. The minimum Gasteiger partial charge on any atom is -0.387 e. The van der Waals surface area contributed by atoms with Crippen LogP contribution in [0.15, 0.2) is 46.8 Å². The fourth-order valence-electron chi connectivity index (χ4n) is 4.71. The summed E-state index contributed by atoms with van der Waals surface area (Å²) in [5, 5.41) is 18.9. The minimum absolute atomic E-state index is 0.00698. The number of halogens is 1. The van der Waals surface area contributed by atoms with Gasteiger partial charge in [0.25, 0.3) is 0 Å². The van der Waals surface area contributed by atoms with Gasteiger partial charge in [0.2, 0.25) is 5.91 Å². The number of aliphatic imine (C=N–C) groups is 1. The number of amidine groups is 1. The summed E-state index contributed by atoms with van der Waals surface area (Å²) >= 11 is 0. The van der Waals surface area contributed by atoms with Crippen molar-refractivity contribution < 1.29 is 14.3 Å². The average Bonchev–Trinajstić information content (AvgIpc) is 3.49. The second-order valence-corrected chi connectivity index (χ2v) is 8.34. The number of carbonyl (C=O) groups is 1. The lowest BCUT2D eigenvalue weighted by molar-refractivity contribution is -0.125. The van der Waals surface area contributed by atoms with Crippen molar-refractivity contribution in [3.8, 4) is 0 Å². The molecule has 1 amide bonds. The van der Waals surface area contributed by atoms with Crippen molar-refractivity contribution in [2.45, 2.75) is 50.5 Å². The highest BCUT2D eigenvalue weighted by Gasteiger charge is 2.40. The van der Waals surface area contributed by atoms with Crippen LogP contribution in [0.5, 0.6) is 0 Å². The molecular formula is C22H25FN6O2. The Hall–Kier alpha value is -3.07. The lowest BCUT2D eigenvalue weighted by atomic mass is 10.0. The number of nitrogens with zero attached hydrogens (tertiary/aromatic N) is 5. The maximum Gasteiger partial charge on any atom is 0.233 e. The van der Waals surface area contributed by atoms with Gasteiger partial charge in [0.15, 0.2) is 6.17 Å². The molecule has 4 aliphatic rings. The van der Waals surface area contributed by atoms with E-state index in [0.717, 1.165) is 36.5 Å². The van der Waals surface area contributed by atoms with Crippen molar-refractivity contribution in [2.75, 3.05) is 6.54 Å². The number of hydrogen-bond donors (Lipinski definition) is 2. The van der Waals surface area contributed by atoms with Crippen LogP contribution < -0.4 is 5.32 Å². The van der Waals surface area contributed by atoms with Crippen LogP contribution in [-0.2, 0) is 4.79 Å². The molecule has 1 aliphatic carbocycles. The highest BCUT2D eigenvalue weighted by Crippen LogP contribution is 2.35. The van der Waals surface area contributed by atoms with E-state index in [1.54, 1.807) is 23.4 Å². The number of pyridine rings is 1. The van der Waals surface area contributed by atoms with E-state index in [9.17, 15) is 14.3 Å². The van der Waals surface area contributed by atoms with E-state index in [4.69, 9.17) is 4.99 Å². The van der Waals surface area contributed by atoms with Gasteiger partial charge < -0.3 is 15.3 Å². The smallest absolute Gasteiger partial charge is 0.233 e. The van der Waals surface area contributed by atoms with Gasteiger partial charge >= 0.3 is 0 Å². The first-order valence-electron chi connectivity index (χ1n) is 10.6. The average molecular weight is 424 g/mol. The number of hydrazone groups is 1. The van der Waals surface area contributed by atoms with Gasteiger partial charge in [-0.25, -0.2) is 14.4 Å². The topological polar surface area (TPSA) is 93.4 Å². The van der Waals surface area contributed by atoms with Crippen LogP contribution in [0.3, 0.4) is 0 Å². The number of hydrogen-bond acceptors (Lipinski definition) is 7. The number of likely N-dealkylation sites (tertiary alicyclic amines) is 1. The van der Waals surface area contributed by atoms with Gasteiger partial charge in [-0.1, -0.05) is 12.2 Å². The molecule has 0 saturated carbocycles. The molecule has 31 heavy (non-hydrogen) atoms. The molecule has 4 unspecified atom stereocenters. The number of aromatic nitrogens is 1. The van der Waals surface area contributed by atoms with E-state index in [1.165, 1.54) is 6.20 Å². The van der Waals surface area contributed by atoms with Gasteiger partial charge in [0.1, 0.15) is 17.6 Å². The summed E-state index contributed by atoms with van der Waals surface area (Å²) in [7, 11) is 0. The van der Waals surface area contributed by atoms with Crippen LogP contribution in [0, 0.1) is 18.7 Å². The lowest BCUT2D eigenvalue weighted by Crippen LogP contribution is -2.47. The zero-order valence-electron chi connectivity index (χ0n) is 17.2. The van der Waals surface area contributed by atoms with Gasteiger partial charge in [-0.2, -0.15) is 5.10 Å². The number of aryl methyl sites for hydroxylation is 1. The molecule has 1 aromatic heterocycles. The number of carbonyl (C=O) groups excluding carboxylic acids is 1. The maximum absolute atomic E-state index is 13.9. The Kier molecular flexibility index (Phi) is 5.05. The Morgan fingerprint density at radius 2 is 2.26 bits per heavy atom. The Morgan fingerprint density at radius 1 is 1.39 bits per heavy atom. The number of fused-ring (bicyclic) bond motifs is 1. The Bertz CT molecular complexity index is 1010. The molecule has 162 valence electrons. The largest absolute Gasteiger partial charge is 0.387 e. The summed E-state index contributed by atoms with van der Waals surface area (Å²) < 4.78 is 13.9. The number of aliphatic hydroxyl groups is 1. The molecule has 8 nitrogen and oxygen atoms in total. The second kappa shape index (κ2) is 7.88. The third-order valence-electron chi connectivity index (χ3n) is 6.36. The van der Waals surface area contributed by atoms with E-state index < -0.39 is 18.2 Å². The van der Waals surface area contributed by atoms with Crippen molar-refractivity contribution in [3.05, 3.63) is 53.8 Å². The first kappa shape index (κ1) is 19.9. The number of aliphatic hydroxyl groups excluding tert-OH is 1. The predicted octanol–water partition coefficient (Wildman–Crippen LogP) is 1.64. The molecule has 5 rings (SSSR count). The molecule has 2 N–H and O–H groups in total. The molecular weight excluding hydrogens is 399 g/mol. The quantitative estimate of drug-likeness (QED) is 0.720. The second-order valence-electron chi connectivity index (χ2n) is 8.34. The van der Waals surface area contributed by atoms with Crippen LogP contribution >= 0.6 is 0 Å². The van der Waals surface area contributed by atoms with Crippen LogP contribution in [0.2, 0.25) is 0 Å². The zero-order chi connectivity index (χ0) is 21.5. The number of rotatable bonds is 3. The molecule has 0 aromatic carbocycles. The first-order valence-corrected chi connectivity index (χ1v) is 10.6. The third kappa shape index (κ3) is 3.63. The highest BCUT2D eigenvalue weighted by atomic mass is 19.1. The summed E-state index contributed by atoms with van der Waals surface area (Å²) in [6, 6.07) is 1.23. The molecule has 4 heterocycles. The van der Waals surface area contributed by atoms with Crippen molar-refractivity contribution >= 4 is 18.0 Å². The Morgan fingerprint density at radius 3 is 3.06 bits per heavy atom. The van der Waals surface area contributed by atoms with Crippen molar-refractivity contribution in [1.82, 2.24) is 20.2 Å². The monoisotopic (exact) mass is 424 g/mol. The third-order valence-corrected chi connectivity index (χ3v) is 6.36. The summed E-state index contributed by atoms with van der Waals surface area (Å²) in [4.78, 5) is 24.1. The Balaban J connectivity index is 1.36. The van der Waals surface area contributed by atoms with Crippen molar-refractivity contribution in [1.29, 1.82) is 0 Å². The van der Waals surface area contributed by atoms with E-state index in [0.29, 0.717) is 6.42 Å². The van der Waals surface area contributed by atoms with E-state index in [1.807, 2.05) is 25.3 Å². The summed E-state index contributed by atoms with van der Waals surface area (Å²) in [5.74, 6) is -0.334. The standard InChI is InChI=1S/C22H25FN6O2/c1-13-15(10-14(23)11-24-13)18-5-3-8-28(18)20-7-9-29-21(27-20)16(12-25-29)22(31)26-17-4-2-6-19(17)30/h2,6-7,9-12,16-19,21,30H,3-5,8H2,1H3,(H,26,31)/t16?,17?,18?,19-,21?/m1/s1. The lowest BCUT2D eigenvalue weighted by Gasteiger charge is -2.32.